The number of alkyl halides is 5. The highest BCUT2D eigenvalue weighted by Gasteiger charge is 2.67. The van der Waals surface area contributed by atoms with E-state index in [2.05, 4.69) is 10.6 Å². The first-order valence-corrected chi connectivity index (χ1v) is 12.6. The van der Waals surface area contributed by atoms with E-state index in [9.17, 15) is 40.7 Å². The fraction of sp³-hybridized carbons (Fsp3) is 0.192. The molecular weight excluding hydrogens is 623 g/mol. The zero-order chi connectivity index (χ0) is 30.4. The summed E-state index contributed by atoms with van der Waals surface area (Å²) in [6, 6.07) is 7.47. The molecule has 0 spiro atoms. The van der Waals surface area contributed by atoms with E-state index in [0.29, 0.717) is 12.1 Å². The van der Waals surface area contributed by atoms with Gasteiger partial charge in [0.15, 0.2) is 5.82 Å². The molecule has 1 aliphatic carbocycles. The number of nitrogens with one attached hydrogen (secondary N) is 3. The van der Waals surface area contributed by atoms with Gasteiger partial charge in [0.05, 0.1) is 27.8 Å². The maximum absolute atomic E-state index is 14.7. The summed E-state index contributed by atoms with van der Waals surface area (Å²) in [5.41, 5.74) is -3.30. The number of carbonyl (C=O) groups is 3. The number of hydrogen-bond donors (Lipinski definition) is 3. The first-order chi connectivity index (χ1) is 19.0. The Balaban J connectivity index is 1.54. The van der Waals surface area contributed by atoms with Crippen molar-refractivity contribution in [1.82, 2.24) is 0 Å². The fourth-order valence-electron chi connectivity index (χ4n) is 4.15. The van der Waals surface area contributed by atoms with E-state index in [1.807, 2.05) is 5.32 Å². The number of hydrogen-bond acceptors (Lipinski definition) is 3. The second kappa shape index (κ2) is 11.1. The second-order valence-electron chi connectivity index (χ2n) is 8.97. The third kappa shape index (κ3) is 6.24. The molecule has 4 rings (SSSR count). The van der Waals surface area contributed by atoms with Crippen molar-refractivity contribution in [2.45, 2.75) is 23.4 Å². The van der Waals surface area contributed by atoms with Gasteiger partial charge in [-0.15, -0.1) is 23.2 Å². The largest absolute Gasteiger partial charge is 0.419 e. The molecule has 3 N–H and O–H groups in total. The third-order valence-electron chi connectivity index (χ3n) is 6.11. The molecule has 1 saturated carbocycles. The molecule has 1 aliphatic rings. The van der Waals surface area contributed by atoms with Gasteiger partial charge < -0.3 is 16.0 Å². The number of carbonyl (C=O) groups excluding carboxylic acids is 3. The van der Waals surface area contributed by atoms with Crippen LogP contribution in [0.25, 0.3) is 0 Å². The molecule has 41 heavy (non-hydrogen) atoms. The molecule has 0 radical (unpaired) electrons. The van der Waals surface area contributed by atoms with Crippen LogP contribution in [-0.2, 0) is 15.8 Å². The summed E-state index contributed by atoms with van der Waals surface area (Å²) in [5.74, 6) is -8.87. The fourth-order valence-corrected chi connectivity index (χ4v) is 5.18. The van der Waals surface area contributed by atoms with Crippen LogP contribution in [0.2, 0.25) is 5.02 Å². The van der Waals surface area contributed by atoms with Gasteiger partial charge in [0.25, 0.3) is 5.91 Å². The molecule has 1 unspecified atom stereocenters. The molecule has 1 fully saturated rings. The monoisotopic (exact) mass is 637 g/mol. The number of halogens is 9. The molecule has 0 heterocycles. The second-order valence-corrected chi connectivity index (χ2v) is 10.8. The maximum Gasteiger partial charge on any atom is 0.419 e. The van der Waals surface area contributed by atoms with Gasteiger partial charge in [0, 0.05) is 18.5 Å². The first kappa shape index (κ1) is 30.5. The highest BCUT2D eigenvalue weighted by molar-refractivity contribution is 6.53. The first-order valence-electron chi connectivity index (χ1n) is 11.4. The van der Waals surface area contributed by atoms with Gasteiger partial charge in [-0.1, -0.05) is 17.7 Å². The lowest BCUT2D eigenvalue weighted by atomic mass is 10.0. The predicted molar refractivity (Wildman–Crippen MR) is 141 cm³/mol. The van der Waals surface area contributed by atoms with Gasteiger partial charge in [-0.2, -0.15) is 13.2 Å². The quantitative estimate of drug-likeness (QED) is 0.193. The molecule has 0 saturated heterocycles. The normalized spacial score (nSPS) is 17.5. The van der Waals surface area contributed by atoms with Crippen LogP contribution in [0, 0.1) is 23.4 Å². The molecule has 0 aromatic heterocycles. The van der Waals surface area contributed by atoms with Crippen LogP contribution < -0.4 is 16.0 Å². The standard InChI is InChI=1S/C26H16Cl3F6N3O3/c1-10(39)36-18-7-6-17(31)22(21(18)32)38-23(40)13-9-12(3-4-15(13)27)37-24(41)20-19(25(20,28)29)11-2-5-16(30)14(8-11)26(33,34)35/h2-9,19-20H,1H3,(H,36,39)(H,37,41)(H,38,40)/t19-,20?/m0/s1. The minimum atomic E-state index is -4.99. The molecule has 0 aliphatic heterocycles. The molecule has 0 bridgehead atoms. The van der Waals surface area contributed by atoms with E-state index in [1.165, 1.54) is 12.1 Å². The van der Waals surface area contributed by atoms with Crippen molar-refractivity contribution >= 4 is 69.6 Å². The van der Waals surface area contributed by atoms with Crippen LogP contribution in [0.1, 0.15) is 34.3 Å². The SMILES string of the molecule is CC(=O)Nc1ccc(F)c(NC(=O)c2cc(NC(=O)C3[C@H](c4ccc(F)c(C(F)(F)F)c4)C3(Cl)Cl)ccc2Cl)c1F. The summed E-state index contributed by atoms with van der Waals surface area (Å²) in [6.45, 7) is 1.10. The lowest BCUT2D eigenvalue weighted by Crippen LogP contribution is -2.19. The molecule has 15 heteroatoms. The topological polar surface area (TPSA) is 87.3 Å². The summed E-state index contributed by atoms with van der Waals surface area (Å²) in [4.78, 5) is 37.0. The average molecular weight is 639 g/mol. The Labute approximate surface area is 242 Å². The minimum absolute atomic E-state index is 0.0395. The van der Waals surface area contributed by atoms with Gasteiger partial charge in [0.2, 0.25) is 11.8 Å². The molecule has 2 atom stereocenters. The number of amides is 3. The summed E-state index contributed by atoms with van der Waals surface area (Å²) in [6.07, 6.45) is -4.99. The van der Waals surface area contributed by atoms with Crippen LogP contribution in [-0.4, -0.2) is 22.1 Å². The molecule has 3 aromatic carbocycles. The van der Waals surface area contributed by atoms with Crippen molar-refractivity contribution in [2.24, 2.45) is 5.92 Å². The van der Waals surface area contributed by atoms with Crippen molar-refractivity contribution in [2.75, 3.05) is 16.0 Å². The summed E-state index contributed by atoms with van der Waals surface area (Å²) < 4.78 is 80.3. The minimum Gasteiger partial charge on any atom is -0.326 e. The van der Waals surface area contributed by atoms with Crippen LogP contribution in [0.5, 0.6) is 0 Å². The average Bonchev–Trinajstić information content (AvgIpc) is 3.45. The van der Waals surface area contributed by atoms with Gasteiger partial charge >= 0.3 is 6.18 Å². The van der Waals surface area contributed by atoms with Crippen molar-refractivity contribution in [3.05, 3.63) is 87.7 Å². The highest BCUT2D eigenvalue weighted by Crippen LogP contribution is 2.65. The number of benzene rings is 3. The molecule has 3 aromatic rings. The Bertz CT molecular complexity index is 1580. The van der Waals surface area contributed by atoms with Gasteiger partial charge in [0.1, 0.15) is 21.7 Å². The third-order valence-corrected chi connectivity index (χ3v) is 7.38. The molecule has 6 nitrogen and oxygen atoms in total. The van der Waals surface area contributed by atoms with E-state index in [-0.39, 0.29) is 21.8 Å². The van der Waals surface area contributed by atoms with Crippen molar-refractivity contribution in [3.63, 3.8) is 0 Å². The van der Waals surface area contributed by atoms with Crippen molar-refractivity contribution < 1.29 is 40.7 Å². The summed E-state index contributed by atoms with van der Waals surface area (Å²) in [5, 5.41) is 6.42. The lowest BCUT2D eigenvalue weighted by molar-refractivity contribution is -0.140. The number of anilines is 3. The molecule has 3 amide bonds. The lowest BCUT2D eigenvalue weighted by Gasteiger charge is -2.13. The van der Waals surface area contributed by atoms with Crippen LogP contribution in [0.15, 0.2) is 48.5 Å². The van der Waals surface area contributed by atoms with E-state index in [4.69, 9.17) is 34.8 Å². The smallest absolute Gasteiger partial charge is 0.326 e. The van der Waals surface area contributed by atoms with Crippen molar-refractivity contribution in [3.8, 4) is 0 Å². The van der Waals surface area contributed by atoms with Gasteiger partial charge in [-0.25, -0.2) is 13.2 Å². The Morgan fingerprint density at radius 3 is 2.17 bits per heavy atom. The number of rotatable bonds is 6. The zero-order valence-corrected chi connectivity index (χ0v) is 22.7. The molecule has 216 valence electrons. The van der Waals surface area contributed by atoms with Gasteiger partial charge in [-0.3, -0.25) is 14.4 Å². The highest BCUT2D eigenvalue weighted by atomic mass is 35.5. The maximum atomic E-state index is 14.7. The Morgan fingerprint density at radius 1 is 0.878 bits per heavy atom. The van der Waals surface area contributed by atoms with Gasteiger partial charge in [-0.05, 0) is 48.0 Å². The van der Waals surface area contributed by atoms with Crippen molar-refractivity contribution in [1.29, 1.82) is 0 Å². The van der Waals surface area contributed by atoms with Crippen LogP contribution >= 0.6 is 34.8 Å². The van der Waals surface area contributed by atoms with Crippen LogP contribution in [0.4, 0.5) is 43.4 Å². The Morgan fingerprint density at radius 2 is 1.54 bits per heavy atom. The van der Waals surface area contributed by atoms with E-state index in [0.717, 1.165) is 31.2 Å². The summed E-state index contributed by atoms with van der Waals surface area (Å²) in [7, 11) is 0. The predicted octanol–water partition coefficient (Wildman–Crippen LogP) is 7.51. The van der Waals surface area contributed by atoms with E-state index < -0.39 is 74.5 Å². The van der Waals surface area contributed by atoms with Crippen LogP contribution in [0.3, 0.4) is 0 Å². The molecular formula is C26H16Cl3F6N3O3. The summed E-state index contributed by atoms with van der Waals surface area (Å²) >= 11 is 18.5. The van der Waals surface area contributed by atoms with E-state index in [1.54, 1.807) is 0 Å². The zero-order valence-electron chi connectivity index (χ0n) is 20.4. The Hall–Kier alpha value is -3.48. The Kier molecular flexibility index (Phi) is 8.23. The van der Waals surface area contributed by atoms with E-state index >= 15 is 0 Å².